The molecule has 0 spiro atoms. The molecule has 2 saturated heterocycles. The van der Waals surface area contributed by atoms with Gasteiger partial charge in [-0.3, -0.25) is 9.59 Å². The predicted octanol–water partition coefficient (Wildman–Crippen LogP) is 0.955. The normalized spacial score (nSPS) is 24.2. The van der Waals surface area contributed by atoms with Crippen molar-refractivity contribution in [3.63, 3.8) is 0 Å². The summed E-state index contributed by atoms with van der Waals surface area (Å²) in [5, 5.41) is 24.0. The van der Waals surface area contributed by atoms with Crippen molar-refractivity contribution in [3.8, 4) is 12.1 Å². The van der Waals surface area contributed by atoms with Gasteiger partial charge in [0.05, 0.1) is 23.7 Å². The minimum atomic E-state index is -0.361. The monoisotopic (exact) mass is 373 g/mol. The molecular formula is C18H20ClN5O2. The van der Waals surface area contributed by atoms with E-state index in [4.69, 9.17) is 10.5 Å². The SMILES string of the molecule is Cl.N#Cc1ccc(C(=O)N[C@@H]2CN[C@H](C(=O)N3CCC[C@H]3C#N)C2)cc1. The summed E-state index contributed by atoms with van der Waals surface area (Å²) < 4.78 is 0. The molecule has 1 aromatic carbocycles. The average molecular weight is 374 g/mol. The molecule has 2 heterocycles. The molecule has 136 valence electrons. The number of amides is 2. The van der Waals surface area contributed by atoms with Crippen LogP contribution in [0.5, 0.6) is 0 Å². The predicted molar refractivity (Wildman–Crippen MR) is 96.4 cm³/mol. The summed E-state index contributed by atoms with van der Waals surface area (Å²) in [6.45, 7) is 1.14. The smallest absolute Gasteiger partial charge is 0.251 e. The van der Waals surface area contributed by atoms with Crippen molar-refractivity contribution in [2.75, 3.05) is 13.1 Å². The molecule has 0 aromatic heterocycles. The largest absolute Gasteiger partial charge is 0.348 e. The molecule has 8 heteroatoms. The summed E-state index contributed by atoms with van der Waals surface area (Å²) in [7, 11) is 0. The summed E-state index contributed by atoms with van der Waals surface area (Å²) >= 11 is 0. The van der Waals surface area contributed by atoms with Crippen LogP contribution >= 0.6 is 12.4 Å². The second-order valence-electron chi connectivity index (χ2n) is 6.37. The van der Waals surface area contributed by atoms with Crippen LogP contribution in [0.15, 0.2) is 24.3 Å². The number of rotatable bonds is 3. The maximum absolute atomic E-state index is 12.6. The number of benzene rings is 1. The molecule has 0 bridgehead atoms. The van der Waals surface area contributed by atoms with Crippen molar-refractivity contribution in [2.24, 2.45) is 0 Å². The fourth-order valence-corrected chi connectivity index (χ4v) is 3.36. The Balaban J connectivity index is 0.00000243. The van der Waals surface area contributed by atoms with Gasteiger partial charge in [0.25, 0.3) is 5.91 Å². The second kappa shape index (κ2) is 8.66. The zero-order valence-electron chi connectivity index (χ0n) is 14.1. The van der Waals surface area contributed by atoms with Gasteiger partial charge in [0.1, 0.15) is 6.04 Å². The standard InChI is InChI=1S/C18H19N5O2.ClH/c19-9-12-3-5-13(6-4-12)17(24)22-14-8-16(21-11-14)18(25)23-7-1-2-15(23)10-20;/h3-6,14-16,21H,1-2,7-8,11H2,(H,22,24);1H/t14-,15-,16-;/m0./s1. The molecule has 0 unspecified atom stereocenters. The van der Waals surface area contributed by atoms with E-state index in [1.165, 1.54) is 0 Å². The van der Waals surface area contributed by atoms with Crippen LogP contribution in [0, 0.1) is 22.7 Å². The van der Waals surface area contributed by atoms with Gasteiger partial charge in [-0.15, -0.1) is 12.4 Å². The number of hydrogen-bond acceptors (Lipinski definition) is 5. The Hall–Kier alpha value is -2.61. The van der Waals surface area contributed by atoms with Crippen molar-refractivity contribution in [3.05, 3.63) is 35.4 Å². The lowest BCUT2D eigenvalue weighted by Crippen LogP contribution is -2.45. The van der Waals surface area contributed by atoms with Crippen LogP contribution in [-0.4, -0.2) is 47.9 Å². The molecular weight excluding hydrogens is 354 g/mol. The zero-order valence-corrected chi connectivity index (χ0v) is 15.0. The maximum atomic E-state index is 12.6. The summed E-state index contributed by atoms with van der Waals surface area (Å²) in [5.41, 5.74) is 0.986. The third kappa shape index (κ3) is 4.13. The molecule has 1 aromatic rings. The first-order valence-electron chi connectivity index (χ1n) is 8.37. The average Bonchev–Trinajstić information content (AvgIpc) is 3.30. The van der Waals surface area contributed by atoms with Gasteiger partial charge in [-0.2, -0.15) is 10.5 Å². The Morgan fingerprint density at radius 3 is 2.62 bits per heavy atom. The minimum absolute atomic E-state index is 0. The van der Waals surface area contributed by atoms with Gasteiger partial charge in [0.2, 0.25) is 5.91 Å². The van der Waals surface area contributed by atoms with E-state index in [1.54, 1.807) is 29.2 Å². The van der Waals surface area contributed by atoms with E-state index in [0.29, 0.717) is 30.6 Å². The highest BCUT2D eigenvalue weighted by Gasteiger charge is 2.37. The summed E-state index contributed by atoms with van der Waals surface area (Å²) in [6, 6.07) is 9.78. The summed E-state index contributed by atoms with van der Waals surface area (Å²) in [6.07, 6.45) is 2.10. The van der Waals surface area contributed by atoms with E-state index in [2.05, 4.69) is 16.7 Å². The van der Waals surface area contributed by atoms with Crippen molar-refractivity contribution >= 4 is 24.2 Å². The Labute approximate surface area is 158 Å². The lowest BCUT2D eigenvalue weighted by molar-refractivity contribution is -0.133. The Morgan fingerprint density at radius 2 is 1.96 bits per heavy atom. The molecule has 2 N–H and O–H groups in total. The fourth-order valence-electron chi connectivity index (χ4n) is 3.36. The number of hydrogen-bond donors (Lipinski definition) is 2. The van der Waals surface area contributed by atoms with Gasteiger partial charge in [-0.25, -0.2) is 0 Å². The van der Waals surface area contributed by atoms with E-state index in [0.717, 1.165) is 12.8 Å². The van der Waals surface area contributed by atoms with E-state index in [1.807, 2.05) is 6.07 Å². The highest BCUT2D eigenvalue weighted by molar-refractivity contribution is 5.94. The third-order valence-corrected chi connectivity index (χ3v) is 4.73. The van der Waals surface area contributed by atoms with E-state index >= 15 is 0 Å². The van der Waals surface area contributed by atoms with Crippen molar-refractivity contribution in [1.82, 2.24) is 15.5 Å². The second-order valence-corrected chi connectivity index (χ2v) is 6.37. The van der Waals surface area contributed by atoms with E-state index < -0.39 is 0 Å². The maximum Gasteiger partial charge on any atom is 0.251 e. The van der Waals surface area contributed by atoms with Gasteiger partial charge in [0.15, 0.2) is 0 Å². The van der Waals surface area contributed by atoms with Crippen LogP contribution in [0.3, 0.4) is 0 Å². The first-order chi connectivity index (χ1) is 12.1. The van der Waals surface area contributed by atoms with Crippen LogP contribution in [0.2, 0.25) is 0 Å². The molecule has 7 nitrogen and oxygen atoms in total. The van der Waals surface area contributed by atoms with Gasteiger partial charge >= 0.3 is 0 Å². The summed E-state index contributed by atoms with van der Waals surface area (Å²) in [4.78, 5) is 26.5. The quantitative estimate of drug-likeness (QED) is 0.820. The first-order valence-corrected chi connectivity index (χ1v) is 8.37. The molecule has 3 atom stereocenters. The molecule has 2 amide bonds. The molecule has 3 rings (SSSR count). The number of carbonyl (C=O) groups is 2. The van der Waals surface area contributed by atoms with E-state index in [-0.39, 0.29) is 42.3 Å². The Morgan fingerprint density at radius 1 is 1.23 bits per heavy atom. The Bertz CT molecular complexity index is 752. The lowest BCUT2D eigenvalue weighted by atomic mass is 10.1. The van der Waals surface area contributed by atoms with Gasteiger partial charge in [-0.1, -0.05) is 0 Å². The third-order valence-electron chi connectivity index (χ3n) is 4.73. The fraction of sp³-hybridized carbons (Fsp3) is 0.444. The zero-order chi connectivity index (χ0) is 17.8. The van der Waals surface area contributed by atoms with Gasteiger partial charge in [0, 0.05) is 24.7 Å². The highest BCUT2D eigenvalue weighted by Crippen LogP contribution is 2.20. The molecule has 0 radical (unpaired) electrons. The van der Waals surface area contributed by atoms with Crippen molar-refractivity contribution < 1.29 is 9.59 Å². The van der Waals surface area contributed by atoms with Crippen LogP contribution in [0.25, 0.3) is 0 Å². The number of carbonyl (C=O) groups excluding carboxylic acids is 2. The van der Waals surface area contributed by atoms with Crippen LogP contribution < -0.4 is 10.6 Å². The Kier molecular flexibility index (Phi) is 6.57. The van der Waals surface area contributed by atoms with Crippen LogP contribution in [0.1, 0.15) is 35.2 Å². The number of likely N-dealkylation sites (tertiary alicyclic amines) is 1. The van der Waals surface area contributed by atoms with Crippen molar-refractivity contribution in [1.29, 1.82) is 10.5 Å². The molecule has 26 heavy (non-hydrogen) atoms. The molecule has 0 aliphatic carbocycles. The van der Waals surface area contributed by atoms with Gasteiger partial charge in [-0.05, 0) is 43.5 Å². The van der Waals surface area contributed by atoms with Gasteiger partial charge < -0.3 is 15.5 Å². The number of halogens is 1. The highest BCUT2D eigenvalue weighted by atomic mass is 35.5. The number of nitrogens with one attached hydrogen (secondary N) is 2. The van der Waals surface area contributed by atoms with Crippen molar-refractivity contribution in [2.45, 2.75) is 37.4 Å². The minimum Gasteiger partial charge on any atom is -0.348 e. The topological polar surface area (TPSA) is 109 Å². The molecule has 2 aliphatic heterocycles. The van der Waals surface area contributed by atoms with Crippen LogP contribution in [-0.2, 0) is 4.79 Å². The lowest BCUT2D eigenvalue weighted by Gasteiger charge is -2.23. The summed E-state index contributed by atoms with van der Waals surface area (Å²) in [5.74, 6) is -0.278. The number of nitriles is 2. The molecule has 0 saturated carbocycles. The van der Waals surface area contributed by atoms with E-state index in [9.17, 15) is 9.59 Å². The number of nitrogens with zero attached hydrogens (tertiary/aromatic N) is 3. The molecule has 2 aliphatic rings. The molecule has 2 fully saturated rings. The van der Waals surface area contributed by atoms with Crippen LogP contribution in [0.4, 0.5) is 0 Å². The first kappa shape index (κ1) is 19.7.